The molecule has 1 fully saturated rings. The van der Waals surface area contributed by atoms with Gasteiger partial charge in [0.2, 0.25) is 0 Å². The second kappa shape index (κ2) is 4.25. The summed E-state index contributed by atoms with van der Waals surface area (Å²) in [5, 5.41) is 0. The van der Waals surface area contributed by atoms with Gasteiger partial charge in [0.15, 0.2) is 0 Å². The molecule has 0 saturated carbocycles. The van der Waals surface area contributed by atoms with E-state index in [1.807, 2.05) is 0 Å². The average molecular weight is 183 g/mol. The lowest BCUT2D eigenvalue weighted by atomic mass is 9.95. The molecule has 13 heavy (non-hydrogen) atoms. The molecule has 2 nitrogen and oxygen atoms in total. The normalized spacial score (nSPS) is 35.0. The van der Waals surface area contributed by atoms with E-state index in [1.54, 1.807) is 0 Å². The largest absolute Gasteiger partial charge is 0.371 e. The monoisotopic (exact) mass is 183 g/mol. The minimum Gasteiger partial charge on any atom is -0.371 e. The number of hydrogen-bond donors (Lipinski definition) is 0. The smallest absolute Gasteiger partial charge is 0.0798 e. The number of nitrogens with zero attached hydrogens (tertiary/aromatic N) is 1. The molecule has 1 aliphatic rings. The van der Waals surface area contributed by atoms with Crippen LogP contribution in [0.5, 0.6) is 0 Å². The van der Waals surface area contributed by atoms with Crippen LogP contribution in [0.15, 0.2) is 12.2 Å². The van der Waals surface area contributed by atoms with Crippen LogP contribution in [-0.2, 0) is 4.74 Å². The van der Waals surface area contributed by atoms with E-state index in [0.717, 1.165) is 18.4 Å². The highest BCUT2D eigenvalue weighted by Crippen LogP contribution is 2.25. The SMILES string of the molecule is C=C(C)[C@H]1CC(N(C)C)CC(C)O1. The fourth-order valence-corrected chi connectivity index (χ4v) is 1.86. The Labute approximate surface area is 81.6 Å². The minimum atomic E-state index is 0.260. The molecule has 76 valence electrons. The number of ether oxygens (including phenoxy) is 1. The summed E-state index contributed by atoms with van der Waals surface area (Å²) in [5.74, 6) is 0. The van der Waals surface area contributed by atoms with E-state index < -0.39 is 0 Å². The summed E-state index contributed by atoms with van der Waals surface area (Å²) in [6, 6.07) is 0.644. The third-order valence-corrected chi connectivity index (χ3v) is 2.77. The van der Waals surface area contributed by atoms with Gasteiger partial charge in [-0.3, -0.25) is 0 Å². The van der Waals surface area contributed by atoms with Crippen LogP contribution in [0, 0.1) is 0 Å². The number of rotatable bonds is 2. The second-order valence-corrected chi connectivity index (χ2v) is 4.37. The quantitative estimate of drug-likeness (QED) is 0.608. The van der Waals surface area contributed by atoms with Gasteiger partial charge in [-0.1, -0.05) is 12.2 Å². The second-order valence-electron chi connectivity index (χ2n) is 4.37. The van der Waals surface area contributed by atoms with Crippen LogP contribution in [0.25, 0.3) is 0 Å². The summed E-state index contributed by atoms with van der Waals surface area (Å²) in [6.07, 6.45) is 2.85. The van der Waals surface area contributed by atoms with Crippen molar-refractivity contribution >= 4 is 0 Å². The Morgan fingerprint density at radius 3 is 2.46 bits per heavy atom. The van der Waals surface area contributed by atoms with E-state index in [0.29, 0.717) is 12.1 Å². The van der Waals surface area contributed by atoms with Crippen LogP contribution in [0.2, 0.25) is 0 Å². The van der Waals surface area contributed by atoms with E-state index in [2.05, 4.69) is 39.4 Å². The van der Waals surface area contributed by atoms with Gasteiger partial charge in [-0.15, -0.1) is 0 Å². The maximum Gasteiger partial charge on any atom is 0.0798 e. The van der Waals surface area contributed by atoms with Crippen molar-refractivity contribution in [2.24, 2.45) is 0 Å². The third kappa shape index (κ3) is 2.82. The Hall–Kier alpha value is -0.340. The molecule has 0 aliphatic carbocycles. The van der Waals surface area contributed by atoms with Crippen LogP contribution in [0.3, 0.4) is 0 Å². The molecule has 0 N–H and O–H groups in total. The van der Waals surface area contributed by atoms with Crippen LogP contribution in [-0.4, -0.2) is 37.2 Å². The Balaban J connectivity index is 2.57. The fourth-order valence-electron chi connectivity index (χ4n) is 1.86. The highest BCUT2D eigenvalue weighted by atomic mass is 16.5. The molecule has 3 atom stereocenters. The van der Waals surface area contributed by atoms with E-state index in [9.17, 15) is 0 Å². The Morgan fingerprint density at radius 1 is 1.38 bits per heavy atom. The zero-order valence-electron chi connectivity index (χ0n) is 9.21. The molecule has 0 aromatic carbocycles. The van der Waals surface area contributed by atoms with Crippen molar-refractivity contribution in [1.82, 2.24) is 4.90 Å². The molecule has 1 aliphatic heterocycles. The standard InChI is InChI=1S/C11H21NO/c1-8(2)11-7-10(12(4)5)6-9(3)13-11/h9-11H,1,6-7H2,2-5H3/t9?,10?,11-/m1/s1. The van der Waals surface area contributed by atoms with Gasteiger partial charge in [-0.25, -0.2) is 0 Å². The van der Waals surface area contributed by atoms with Gasteiger partial charge in [0.25, 0.3) is 0 Å². The molecule has 2 unspecified atom stereocenters. The van der Waals surface area contributed by atoms with E-state index in [-0.39, 0.29) is 6.10 Å². The molecule has 0 aromatic rings. The van der Waals surface area contributed by atoms with Crippen molar-refractivity contribution in [2.45, 2.75) is 44.9 Å². The zero-order chi connectivity index (χ0) is 10.0. The first-order chi connectivity index (χ1) is 6.00. The van der Waals surface area contributed by atoms with Gasteiger partial charge < -0.3 is 9.64 Å². The molecule has 0 aromatic heterocycles. The lowest BCUT2D eigenvalue weighted by Gasteiger charge is -2.37. The maximum absolute atomic E-state index is 5.80. The molecule has 1 saturated heterocycles. The average Bonchev–Trinajstić information content (AvgIpc) is 2.03. The third-order valence-electron chi connectivity index (χ3n) is 2.77. The van der Waals surface area contributed by atoms with Gasteiger partial charge in [-0.2, -0.15) is 0 Å². The van der Waals surface area contributed by atoms with Gasteiger partial charge in [0, 0.05) is 6.04 Å². The van der Waals surface area contributed by atoms with Crippen LogP contribution in [0.1, 0.15) is 26.7 Å². The summed E-state index contributed by atoms with van der Waals surface area (Å²) in [4.78, 5) is 2.29. The van der Waals surface area contributed by atoms with Crippen LogP contribution in [0.4, 0.5) is 0 Å². The first-order valence-electron chi connectivity index (χ1n) is 4.98. The summed E-state index contributed by atoms with van der Waals surface area (Å²) in [5.41, 5.74) is 1.15. The lowest BCUT2D eigenvalue weighted by Crippen LogP contribution is -2.41. The summed E-state index contributed by atoms with van der Waals surface area (Å²) >= 11 is 0. The Kier molecular flexibility index (Phi) is 3.51. The van der Waals surface area contributed by atoms with Crippen LogP contribution >= 0.6 is 0 Å². The molecule has 2 heteroatoms. The maximum atomic E-state index is 5.80. The topological polar surface area (TPSA) is 12.5 Å². The van der Waals surface area contributed by atoms with E-state index >= 15 is 0 Å². The van der Waals surface area contributed by atoms with Crippen molar-refractivity contribution < 1.29 is 4.74 Å². The van der Waals surface area contributed by atoms with Gasteiger partial charge in [0.1, 0.15) is 0 Å². The molecular weight excluding hydrogens is 162 g/mol. The molecule has 1 heterocycles. The van der Waals surface area contributed by atoms with E-state index in [4.69, 9.17) is 4.74 Å². The first-order valence-corrected chi connectivity index (χ1v) is 4.98. The predicted molar refractivity (Wildman–Crippen MR) is 55.9 cm³/mol. The first kappa shape index (κ1) is 10.7. The minimum absolute atomic E-state index is 0.260. The molecule has 0 bridgehead atoms. The van der Waals surface area contributed by atoms with Crippen molar-refractivity contribution in [2.75, 3.05) is 14.1 Å². The molecule has 0 radical (unpaired) electrons. The molecular formula is C11H21NO. The van der Waals surface area contributed by atoms with Crippen molar-refractivity contribution in [3.8, 4) is 0 Å². The van der Waals surface area contributed by atoms with Gasteiger partial charge >= 0.3 is 0 Å². The zero-order valence-corrected chi connectivity index (χ0v) is 9.21. The van der Waals surface area contributed by atoms with Gasteiger partial charge in [0.05, 0.1) is 12.2 Å². The summed E-state index contributed by atoms with van der Waals surface area (Å²) < 4.78 is 5.80. The Morgan fingerprint density at radius 2 is 2.00 bits per heavy atom. The number of hydrogen-bond acceptors (Lipinski definition) is 2. The molecule has 0 spiro atoms. The molecule has 0 amide bonds. The van der Waals surface area contributed by atoms with Gasteiger partial charge in [-0.05, 0) is 40.8 Å². The highest BCUT2D eigenvalue weighted by Gasteiger charge is 2.28. The van der Waals surface area contributed by atoms with Crippen molar-refractivity contribution in [1.29, 1.82) is 0 Å². The predicted octanol–water partition coefficient (Wildman–Crippen LogP) is 2.06. The lowest BCUT2D eigenvalue weighted by molar-refractivity contribution is -0.0493. The molecule has 1 rings (SSSR count). The summed E-state index contributed by atoms with van der Waals surface area (Å²) in [7, 11) is 4.27. The van der Waals surface area contributed by atoms with Crippen molar-refractivity contribution in [3.05, 3.63) is 12.2 Å². The highest BCUT2D eigenvalue weighted by molar-refractivity contribution is 5.01. The van der Waals surface area contributed by atoms with Crippen LogP contribution < -0.4 is 0 Å². The Bertz CT molecular complexity index is 189. The fraction of sp³-hybridized carbons (Fsp3) is 0.818. The van der Waals surface area contributed by atoms with Crippen molar-refractivity contribution in [3.63, 3.8) is 0 Å². The summed E-state index contributed by atoms with van der Waals surface area (Å²) in [6.45, 7) is 8.16. The van der Waals surface area contributed by atoms with E-state index in [1.165, 1.54) is 0 Å².